The SMILES string of the molecule is Cc1cn2c(n1)C(CNC(=O)NC1CCC(C(=O)O)CC1)CCC2. The standard InChI is InChI=1S/C17H26N4O3/c1-11-10-21-8-2-3-13(15(21)19-11)9-18-17(24)20-14-6-4-12(5-7-14)16(22)23/h10,12-14H,2-9H2,1H3,(H,22,23)(H2,18,20,24). The molecule has 1 aromatic rings. The monoisotopic (exact) mass is 334 g/mol. The van der Waals surface area contributed by atoms with Crippen molar-refractivity contribution in [3.05, 3.63) is 17.7 Å². The Balaban J connectivity index is 1.44. The summed E-state index contributed by atoms with van der Waals surface area (Å²) in [6.45, 7) is 3.59. The molecule has 0 spiro atoms. The van der Waals surface area contributed by atoms with Gasteiger partial charge in [0.1, 0.15) is 5.82 Å². The summed E-state index contributed by atoms with van der Waals surface area (Å²) in [7, 11) is 0. The number of fused-ring (bicyclic) bond motifs is 1. The van der Waals surface area contributed by atoms with Gasteiger partial charge in [0, 0.05) is 31.2 Å². The third kappa shape index (κ3) is 3.88. The second-order valence-electron chi connectivity index (χ2n) is 7.01. The Morgan fingerprint density at radius 1 is 1.29 bits per heavy atom. The van der Waals surface area contributed by atoms with Crippen molar-refractivity contribution < 1.29 is 14.7 Å². The van der Waals surface area contributed by atoms with Crippen molar-refractivity contribution in [1.29, 1.82) is 0 Å². The highest BCUT2D eigenvalue weighted by atomic mass is 16.4. The summed E-state index contributed by atoms with van der Waals surface area (Å²) in [6.07, 6.45) is 6.97. The van der Waals surface area contributed by atoms with Crippen LogP contribution in [0.2, 0.25) is 0 Å². The molecule has 1 aliphatic carbocycles. The molecule has 3 N–H and O–H groups in total. The van der Waals surface area contributed by atoms with Crippen LogP contribution in [0.5, 0.6) is 0 Å². The van der Waals surface area contributed by atoms with E-state index in [-0.39, 0.29) is 23.9 Å². The Kier molecular flexibility index (Phi) is 5.06. The molecule has 1 atom stereocenters. The molecular formula is C17H26N4O3. The molecule has 0 saturated heterocycles. The molecule has 24 heavy (non-hydrogen) atoms. The number of carbonyl (C=O) groups excluding carboxylic acids is 1. The number of carbonyl (C=O) groups is 2. The molecule has 2 amide bonds. The van der Waals surface area contributed by atoms with E-state index in [1.807, 2.05) is 6.92 Å². The van der Waals surface area contributed by atoms with E-state index >= 15 is 0 Å². The lowest BCUT2D eigenvalue weighted by atomic mass is 9.86. The van der Waals surface area contributed by atoms with Gasteiger partial charge in [-0.3, -0.25) is 4.79 Å². The maximum atomic E-state index is 12.1. The van der Waals surface area contributed by atoms with Crippen LogP contribution in [0.15, 0.2) is 6.20 Å². The minimum absolute atomic E-state index is 0.0798. The van der Waals surface area contributed by atoms with Crippen LogP contribution in [-0.2, 0) is 11.3 Å². The third-order valence-electron chi connectivity index (χ3n) is 5.17. The van der Waals surface area contributed by atoms with Crippen LogP contribution in [0.1, 0.15) is 56.0 Å². The highest BCUT2D eigenvalue weighted by Gasteiger charge is 2.27. The fourth-order valence-corrected chi connectivity index (χ4v) is 3.84. The Bertz CT molecular complexity index is 605. The molecule has 2 heterocycles. The summed E-state index contributed by atoms with van der Waals surface area (Å²) < 4.78 is 2.19. The maximum absolute atomic E-state index is 12.1. The van der Waals surface area contributed by atoms with Gasteiger partial charge in [0.05, 0.1) is 11.6 Å². The van der Waals surface area contributed by atoms with Gasteiger partial charge in [0.15, 0.2) is 0 Å². The number of carboxylic acids is 1. The Morgan fingerprint density at radius 3 is 2.75 bits per heavy atom. The lowest BCUT2D eigenvalue weighted by Gasteiger charge is -2.28. The number of nitrogens with zero attached hydrogens (tertiary/aromatic N) is 2. The van der Waals surface area contributed by atoms with Crippen LogP contribution in [-0.4, -0.2) is 39.2 Å². The summed E-state index contributed by atoms with van der Waals surface area (Å²) in [6, 6.07) is -0.0784. The highest BCUT2D eigenvalue weighted by molar-refractivity contribution is 5.74. The van der Waals surface area contributed by atoms with E-state index in [0.717, 1.165) is 43.7 Å². The number of aliphatic carboxylic acids is 1. The van der Waals surface area contributed by atoms with Gasteiger partial charge in [-0.1, -0.05) is 0 Å². The largest absolute Gasteiger partial charge is 0.481 e. The molecule has 7 heteroatoms. The Hall–Kier alpha value is -2.05. The highest BCUT2D eigenvalue weighted by Crippen LogP contribution is 2.26. The number of amides is 2. The van der Waals surface area contributed by atoms with Crippen LogP contribution in [0.3, 0.4) is 0 Å². The first kappa shape index (κ1) is 16.8. The number of carboxylic acid groups (broad SMARTS) is 1. The van der Waals surface area contributed by atoms with Crippen LogP contribution >= 0.6 is 0 Å². The number of hydrogen-bond donors (Lipinski definition) is 3. The van der Waals surface area contributed by atoms with Gasteiger partial charge in [-0.25, -0.2) is 9.78 Å². The van der Waals surface area contributed by atoms with Gasteiger partial charge >= 0.3 is 12.0 Å². The van der Waals surface area contributed by atoms with E-state index in [4.69, 9.17) is 5.11 Å². The van der Waals surface area contributed by atoms with Crippen molar-refractivity contribution in [2.24, 2.45) is 5.92 Å². The van der Waals surface area contributed by atoms with E-state index < -0.39 is 5.97 Å². The average molecular weight is 334 g/mol. The molecule has 1 aliphatic heterocycles. The predicted molar refractivity (Wildman–Crippen MR) is 88.9 cm³/mol. The molecule has 1 fully saturated rings. The fraction of sp³-hybridized carbons (Fsp3) is 0.706. The maximum Gasteiger partial charge on any atom is 0.315 e. The number of hydrogen-bond acceptors (Lipinski definition) is 3. The van der Waals surface area contributed by atoms with Gasteiger partial charge in [-0.05, 0) is 45.4 Å². The molecule has 1 aromatic heterocycles. The first-order chi connectivity index (χ1) is 11.5. The predicted octanol–water partition coefficient (Wildman–Crippen LogP) is 2.01. The minimum atomic E-state index is -0.721. The van der Waals surface area contributed by atoms with Gasteiger partial charge in [0.25, 0.3) is 0 Å². The third-order valence-corrected chi connectivity index (χ3v) is 5.17. The topological polar surface area (TPSA) is 96.3 Å². The first-order valence-electron chi connectivity index (χ1n) is 8.83. The average Bonchev–Trinajstić information content (AvgIpc) is 2.94. The molecule has 0 bridgehead atoms. The summed E-state index contributed by atoms with van der Waals surface area (Å²) in [4.78, 5) is 27.7. The molecule has 1 saturated carbocycles. The molecule has 3 rings (SSSR count). The minimum Gasteiger partial charge on any atom is -0.481 e. The zero-order chi connectivity index (χ0) is 17.1. The number of aromatic nitrogens is 2. The number of nitrogens with one attached hydrogen (secondary N) is 2. The van der Waals surface area contributed by atoms with Crippen molar-refractivity contribution in [3.8, 4) is 0 Å². The van der Waals surface area contributed by atoms with Crippen LogP contribution < -0.4 is 10.6 Å². The second-order valence-corrected chi connectivity index (χ2v) is 7.01. The Labute approximate surface area is 141 Å². The lowest BCUT2D eigenvalue weighted by Crippen LogP contribution is -2.45. The van der Waals surface area contributed by atoms with Crippen LogP contribution in [0, 0.1) is 12.8 Å². The number of imidazole rings is 1. The van der Waals surface area contributed by atoms with E-state index in [1.54, 1.807) is 0 Å². The summed E-state index contributed by atoms with van der Waals surface area (Å²) in [5, 5.41) is 15.0. The first-order valence-corrected chi connectivity index (χ1v) is 8.83. The zero-order valence-corrected chi connectivity index (χ0v) is 14.1. The summed E-state index contributed by atoms with van der Waals surface area (Å²) in [5.41, 5.74) is 1.02. The molecule has 132 valence electrons. The molecule has 1 unspecified atom stereocenters. The second kappa shape index (κ2) is 7.23. The van der Waals surface area contributed by atoms with Gasteiger partial charge in [-0.2, -0.15) is 0 Å². The van der Waals surface area contributed by atoms with E-state index in [2.05, 4.69) is 26.4 Å². The van der Waals surface area contributed by atoms with Gasteiger partial charge in [0.2, 0.25) is 0 Å². The molecule has 7 nitrogen and oxygen atoms in total. The number of rotatable bonds is 4. The molecule has 0 radical (unpaired) electrons. The smallest absolute Gasteiger partial charge is 0.315 e. The van der Waals surface area contributed by atoms with E-state index in [1.165, 1.54) is 0 Å². The number of aryl methyl sites for hydroxylation is 2. The molecule has 2 aliphatic rings. The van der Waals surface area contributed by atoms with Crippen molar-refractivity contribution in [2.45, 2.75) is 64.0 Å². The summed E-state index contributed by atoms with van der Waals surface area (Å²) >= 11 is 0. The number of urea groups is 1. The van der Waals surface area contributed by atoms with Crippen molar-refractivity contribution in [3.63, 3.8) is 0 Å². The Morgan fingerprint density at radius 2 is 2.04 bits per heavy atom. The summed E-state index contributed by atoms with van der Waals surface area (Å²) in [5.74, 6) is 0.360. The molecular weight excluding hydrogens is 308 g/mol. The normalized spacial score (nSPS) is 26.5. The van der Waals surface area contributed by atoms with E-state index in [9.17, 15) is 9.59 Å². The lowest BCUT2D eigenvalue weighted by molar-refractivity contribution is -0.142. The quantitative estimate of drug-likeness (QED) is 0.785. The van der Waals surface area contributed by atoms with Gasteiger partial charge in [-0.15, -0.1) is 0 Å². The molecule has 0 aromatic carbocycles. The zero-order valence-electron chi connectivity index (χ0n) is 14.1. The van der Waals surface area contributed by atoms with Crippen LogP contribution in [0.25, 0.3) is 0 Å². The van der Waals surface area contributed by atoms with Gasteiger partial charge < -0.3 is 20.3 Å². The van der Waals surface area contributed by atoms with Crippen molar-refractivity contribution >= 4 is 12.0 Å². The van der Waals surface area contributed by atoms with Crippen molar-refractivity contribution in [1.82, 2.24) is 20.2 Å². The fourth-order valence-electron chi connectivity index (χ4n) is 3.84. The van der Waals surface area contributed by atoms with Crippen LogP contribution in [0.4, 0.5) is 4.79 Å². The van der Waals surface area contributed by atoms with Crippen molar-refractivity contribution in [2.75, 3.05) is 6.54 Å². The van der Waals surface area contributed by atoms with E-state index in [0.29, 0.717) is 19.4 Å².